The van der Waals surface area contributed by atoms with E-state index in [-0.39, 0.29) is 12.4 Å². The maximum absolute atomic E-state index is 13.9. The van der Waals surface area contributed by atoms with Gasteiger partial charge in [0.25, 0.3) is 0 Å². The van der Waals surface area contributed by atoms with E-state index in [0.717, 1.165) is 43.9 Å². The first kappa shape index (κ1) is 19.3. The van der Waals surface area contributed by atoms with E-state index < -0.39 is 0 Å². The number of fused-ring (bicyclic) bond motifs is 1. The Morgan fingerprint density at radius 2 is 1.67 bits per heavy atom. The minimum Gasteiger partial charge on any atom is -0.488 e. The summed E-state index contributed by atoms with van der Waals surface area (Å²) in [7, 11) is 0. The van der Waals surface area contributed by atoms with Crippen molar-refractivity contribution < 1.29 is 9.13 Å². The van der Waals surface area contributed by atoms with Crippen molar-refractivity contribution in [1.29, 1.82) is 0 Å². The Kier molecular flexibility index (Phi) is 7.19. The van der Waals surface area contributed by atoms with Gasteiger partial charge in [-0.2, -0.15) is 0 Å². The van der Waals surface area contributed by atoms with Crippen molar-refractivity contribution in [3.8, 4) is 5.75 Å². The fourth-order valence-corrected chi connectivity index (χ4v) is 3.13. The first-order chi connectivity index (χ1) is 13.3. The van der Waals surface area contributed by atoms with E-state index in [0.29, 0.717) is 5.56 Å². The van der Waals surface area contributed by atoms with Gasteiger partial charge in [-0.15, -0.1) is 0 Å². The van der Waals surface area contributed by atoms with Gasteiger partial charge in [-0.05, 0) is 49.0 Å². The predicted octanol–water partition coefficient (Wildman–Crippen LogP) is 4.65. The fraction of sp³-hybridized carbons (Fsp3) is 0.304. The number of halogens is 1. The lowest BCUT2D eigenvalue weighted by Crippen LogP contribution is -2.21. The fourth-order valence-electron chi connectivity index (χ4n) is 3.13. The highest BCUT2D eigenvalue weighted by Crippen LogP contribution is 2.29. The lowest BCUT2D eigenvalue weighted by molar-refractivity contribution is 0.296. The molecule has 3 nitrogen and oxygen atoms in total. The summed E-state index contributed by atoms with van der Waals surface area (Å²) in [6, 6.07) is 19.1. The van der Waals surface area contributed by atoms with Crippen molar-refractivity contribution >= 4 is 10.8 Å². The molecular weight excluding hydrogens is 339 g/mol. The third kappa shape index (κ3) is 5.28. The molecule has 0 aromatic heterocycles. The third-order valence-electron chi connectivity index (χ3n) is 4.60. The molecule has 2 N–H and O–H groups in total. The van der Waals surface area contributed by atoms with Crippen LogP contribution in [-0.4, -0.2) is 19.6 Å². The summed E-state index contributed by atoms with van der Waals surface area (Å²) in [5.41, 5.74) is 1.68. The molecule has 27 heavy (non-hydrogen) atoms. The first-order valence-corrected chi connectivity index (χ1v) is 9.58. The Labute approximate surface area is 160 Å². The summed E-state index contributed by atoms with van der Waals surface area (Å²) in [5.74, 6) is 0.567. The molecule has 3 aromatic carbocycles. The Hall–Kier alpha value is -2.43. The second kappa shape index (κ2) is 10.0. The largest absolute Gasteiger partial charge is 0.488 e. The van der Waals surface area contributed by atoms with E-state index in [1.807, 2.05) is 24.3 Å². The topological polar surface area (TPSA) is 33.3 Å². The minimum absolute atomic E-state index is 0.221. The standard InChI is InChI=1S/C23H27FN2O/c1-2-25-14-7-15-26-16-21-20-10-5-3-8-18(20)12-13-23(21)27-17-19-9-4-6-11-22(19)24/h3-6,8-13,25-26H,2,7,14-17H2,1H3. The average Bonchev–Trinajstić information content (AvgIpc) is 2.70. The monoisotopic (exact) mass is 366 g/mol. The van der Waals surface area contributed by atoms with Gasteiger partial charge in [0, 0.05) is 17.7 Å². The van der Waals surface area contributed by atoms with Gasteiger partial charge < -0.3 is 15.4 Å². The number of hydrogen-bond acceptors (Lipinski definition) is 3. The van der Waals surface area contributed by atoms with Gasteiger partial charge in [-0.1, -0.05) is 55.5 Å². The Morgan fingerprint density at radius 1 is 0.889 bits per heavy atom. The summed E-state index contributed by atoms with van der Waals surface area (Å²) in [4.78, 5) is 0. The third-order valence-corrected chi connectivity index (χ3v) is 4.60. The lowest BCUT2D eigenvalue weighted by Gasteiger charge is -2.15. The number of nitrogens with one attached hydrogen (secondary N) is 2. The van der Waals surface area contributed by atoms with Gasteiger partial charge in [0.15, 0.2) is 0 Å². The smallest absolute Gasteiger partial charge is 0.129 e. The van der Waals surface area contributed by atoms with Gasteiger partial charge in [0.2, 0.25) is 0 Å². The molecule has 0 aliphatic rings. The van der Waals surface area contributed by atoms with Crippen molar-refractivity contribution in [1.82, 2.24) is 10.6 Å². The predicted molar refractivity (Wildman–Crippen MR) is 110 cm³/mol. The van der Waals surface area contributed by atoms with Crippen LogP contribution in [0.5, 0.6) is 5.75 Å². The van der Waals surface area contributed by atoms with Crippen molar-refractivity contribution in [2.24, 2.45) is 0 Å². The molecule has 0 amide bonds. The lowest BCUT2D eigenvalue weighted by atomic mass is 10.0. The zero-order valence-corrected chi connectivity index (χ0v) is 15.8. The van der Waals surface area contributed by atoms with E-state index >= 15 is 0 Å². The molecular formula is C23H27FN2O. The molecule has 0 heterocycles. The number of ether oxygens (including phenoxy) is 1. The quantitative estimate of drug-likeness (QED) is 0.513. The van der Waals surface area contributed by atoms with Crippen LogP contribution in [0.3, 0.4) is 0 Å². The van der Waals surface area contributed by atoms with E-state index in [4.69, 9.17) is 4.74 Å². The Morgan fingerprint density at radius 3 is 2.52 bits per heavy atom. The number of hydrogen-bond donors (Lipinski definition) is 2. The minimum atomic E-state index is -0.235. The first-order valence-electron chi connectivity index (χ1n) is 9.58. The van der Waals surface area contributed by atoms with Gasteiger partial charge >= 0.3 is 0 Å². The normalized spacial score (nSPS) is 11.0. The maximum atomic E-state index is 13.9. The molecule has 0 atom stereocenters. The SMILES string of the molecule is CCNCCCNCc1c(OCc2ccccc2F)ccc2ccccc12. The van der Waals surface area contributed by atoms with Gasteiger partial charge in [-0.25, -0.2) is 4.39 Å². The summed E-state index contributed by atoms with van der Waals surface area (Å²) in [5, 5.41) is 9.19. The van der Waals surface area contributed by atoms with Crippen molar-refractivity contribution in [2.75, 3.05) is 19.6 Å². The van der Waals surface area contributed by atoms with Crippen LogP contribution >= 0.6 is 0 Å². The second-order valence-corrected chi connectivity index (χ2v) is 6.53. The van der Waals surface area contributed by atoms with Crippen LogP contribution in [0.1, 0.15) is 24.5 Å². The molecule has 0 saturated heterocycles. The van der Waals surface area contributed by atoms with E-state index in [1.54, 1.807) is 12.1 Å². The highest BCUT2D eigenvalue weighted by molar-refractivity contribution is 5.87. The highest BCUT2D eigenvalue weighted by Gasteiger charge is 2.10. The molecule has 0 bridgehead atoms. The zero-order valence-electron chi connectivity index (χ0n) is 15.8. The molecule has 3 aromatic rings. The van der Waals surface area contributed by atoms with Crippen molar-refractivity contribution in [3.05, 3.63) is 77.6 Å². The average molecular weight is 366 g/mol. The molecule has 0 aliphatic carbocycles. The molecule has 3 rings (SSSR count). The van der Waals surface area contributed by atoms with Crippen molar-refractivity contribution in [3.63, 3.8) is 0 Å². The van der Waals surface area contributed by atoms with E-state index in [9.17, 15) is 4.39 Å². The number of benzene rings is 3. The maximum Gasteiger partial charge on any atom is 0.129 e. The molecule has 0 radical (unpaired) electrons. The Balaban J connectivity index is 1.74. The molecule has 0 spiro atoms. The van der Waals surface area contributed by atoms with Crippen LogP contribution in [0.25, 0.3) is 10.8 Å². The summed E-state index contributed by atoms with van der Waals surface area (Å²) in [6.07, 6.45) is 1.07. The number of rotatable bonds is 10. The molecule has 142 valence electrons. The van der Waals surface area contributed by atoms with Crippen LogP contribution in [0, 0.1) is 5.82 Å². The van der Waals surface area contributed by atoms with Crippen LogP contribution in [0.4, 0.5) is 4.39 Å². The second-order valence-electron chi connectivity index (χ2n) is 6.53. The van der Waals surface area contributed by atoms with Crippen LogP contribution in [0.15, 0.2) is 60.7 Å². The highest BCUT2D eigenvalue weighted by atomic mass is 19.1. The zero-order chi connectivity index (χ0) is 18.9. The van der Waals surface area contributed by atoms with Crippen LogP contribution < -0.4 is 15.4 Å². The van der Waals surface area contributed by atoms with Crippen LogP contribution in [0.2, 0.25) is 0 Å². The van der Waals surface area contributed by atoms with Crippen LogP contribution in [-0.2, 0) is 13.2 Å². The molecule has 0 saturated carbocycles. The summed E-state index contributed by atoms with van der Waals surface area (Å²) >= 11 is 0. The molecule has 0 unspecified atom stereocenters. The van der Waals surface area contributed by atoms with Gasteiger partial charge in [0.1, 0.15) is 18.2 Å². The van der Waals surface area contributed by atoms with Gasteiger partial charge in [-0.3, -0.25) is 0 Å². The molecule has 0 fully saturated rings. The Bertz CT molecular complexity index is 866. The van der Waals surface area contributed by atoms with Crippen molar-refractivity contribution in [2.45, 2.75) is 26.5 Å². The van der Waals surface area contributed by atoms with E-state index in [2.05, 4.69) is 35.8 Å². The van der Waals surface area contributed by atoms with Gasteiger partial charge in [0.05, 0.1) is 0 Å². The molecule has 0 aliphatic heterocycles. The van der Waals surface area contributed by atoms with E-state index in [1.165, 1.54) is 16.8 Å². The summed E-state index contributed by atoms with van der Waals surface area (Å²) < 4.78 is 19.9. The molecule has 4 heteroatoms. The summed E-state index contributed by atoms with van der Waals surface area (Å²) in [6.45, 7) is 6.00.